The van der Waals surface area contributed by atoms with Gasteiger partial charge in [-0.3, -0.25) is 14.4 Å². The summed E-state index contributed by atoms with van der Waals surface area (Å²) in [5.41, 5.74) is -2.62. The summed E-state index contributed by atoms with van der Waals surface area (Å²) in [6, 6.07) is 9.94. The lowest BCUT2D eigenvalue weighted by Gasteiger charge is -2.60. The van der Waals surface area contributed by atoms with Gasteiger partial charge < -0.3 is 5.11 Å². The molecule has 0 unspecified atom stereocenters. The first kappa shape index (κ1) is 21.9. The maximum Gasteiger partial charge on any atom is 0.184 e. The van der Waals surface area contributed by atoms with Gasteiger partial charge in [-0.15, -0.1) is 13.2 Å². The molecule has 0 aromatic heterocycles. The smallest absolute Gasteiger partial charge is 0.184 e. The molecule has 0 amide bonds. The molecule has 0 saturated heterocycles. The van der Waals surface area contributed by atoms with E-state index in [9.17, 15) is 19.5 Å². The molecule has 3 atom stereocenters. The Morgan fingerprint density at radius 3 is 2.27 bits per heavy atom. The Bertz CT molecular complexity index is 953. The SMILES string of the molecule is C=CC[C@@]12C[C@@H](Cc3ccccc3)C(C)(C)[C@@](CC=C)(C(=O)C(C(C)=O)=C1O)C2=O. The van der Waals surface area contributed by atoms with Crippen LogP contribution in [0.25, 0.3) is 0 Å². The molecule has 2 bridgehead atoms. The first-order chi connectivity index (χ1) is 14.1. The van der Waals surface area contributed by atoms with E-state index in [0.29, 0.717) is 12.8 Å². The molecule has 2 aliphatic rings. The summed E-state index contributed by atoms with van der Waals surface area (Å²) in [5.74, 6) is -1.84. The molecule has 30 heavy (non-hydrogen) atoms. The average molecular weight is 407 g/mol. The molecule has 0 heterocycles. The molecular formula is C26H30O4. The number of hydrogen-bond donors (Lipinski definition) is 1. The van der Waals surface area contributed by atoms with Crippen LogP contribution in [0.15, 0.2) is 67.0 Å². The highest BCUT2D eigenvalue weighted by atomic mass is 16.3. The fourth-order valence-corrected chi connectivity index (χ4v) is 5.71. The topological polar surface area (TPSA) is 71.4 Å². The molecule has 1 saturated carbocycles. The first-order valence-electron chi connectivity index (χ1n) is 10.4. The summed E-state index contributed by atoms with van der Waals surface area (Å²) < 4.78 is 0. The third-order valence-electron chi connectivity index (χ3n) is 7.46. The molecule has 2 aliphatic carbocycles. The fraction of sp³-hybridized carbons (Fsp3) is 0.423. The summed E-state index contributed by atoms with van der Waals surface area (Å²) in [6.45, 7) is 12.8. The molecule has 1 N–H and O–H groups in total. The zero-order chi connectivity index (χ0) is 22.3. The van der Waals surface area contributed by atoms with Crippen LogP contribution in [0.2, 0.25) is 0 Å². The molecule has 158 valence electrons. The van der Waals surface area contributed by atoms with E-state index in [2.05, 4.69) is 13.2 Å². The lowest BCUT2D eigenvalue weighted by molar-refractivity contribution is -0.171. The normalized spacial score (nSPS) is 30.2. The van der Waals surface area contributed by atoms with Crippen molar-refractivity contribution >= 4 is 17.3 Å². The number of carbonyl (C=O) groups is 3. The van der Waals surface area contributed by atoms with Gasteiger partial charge in [0.15, 0.2) is 17.3 Å². The molecule has 3 rings (SSSR count). The third kappa shape index (κ3) is 2.77. The number of aliphatic hydroxyl groups excluding tert-OH is 1. The second-order valence-electron chi connectivity index (χ2n) is 9.22. The van der Waals surface area contributed by atoms with E-state index in [1.54, 1.807) is 12.2 Å². The largest absolute Gasteiger partial charge is 0.510 e. The van der Waals surface area contributed by atoms with Crippen LogP contribution in [0.5, 0.6) is 0 Å². The minimum absolute atomic E-state index is 0.0721. The maximum atomic E-state index is 14.0. The monoisotopic (exact) mass is 406 g/mol. The van der Waals surface area contributed by atoms with Crippen LogP contribution in [0, 0.1) is 22.2 Å². The van der Waals surface area contributed by atoms with Gasteiger partial charge in [0.25, 0.3) is 0 Å². The summed E-state index contributed by atoms with van der Waals surface area (Å²) in [7, 11) is 0. The van der Waals surface area contributed by atoms with Crippen molar-refractivity contribution in [1.82, 2.24) is 0 Å². The molecule has 1 fully saturated rings. The van der Waals surface area contributed by atoms with Gasteiger partial charge in [-0.25, -0.2) is 0 Å². The number of carbonyl (C=O) groups excluding carboxylic acids is 3. The van der Waals surface area contributed by atoms with Crippen LogP contribution in [0.3, 0.4) is 0 Å². The van der Waals surface area contributed by atoms with Crippen LogP contribution >= 0.6 is 0 Å². The number of fused-ring (bicyclic) bond motifs is 2. The first-order valence-corrected chi connectivity index (χ1v) is 10.4. The van der Waals surface area contributed by atoms with Gasteiger partial charge in [-0.2, -0.15) is 0 Å². The number of hydrogen-bond acceptors (Lipinski definition) is 4. The third-order valence-corrected chi connectivity index (χ3v) is 7.46. The average Bonchev–Trinajstić information content (AvgIpc) is 2.69. The predicted molar refractivity (Wildman–Crippen MR) is 117 cm³/mol. The standard InChI is InChI=1S/C26H30O4/c1-6-13-25-16-19(15-18-11-9-8-10-12-18)24(4,5)26(14-7-2,23(25)30)22(29)20(17(3)27)21(25)28/h6-12,19,28H,1-2,13-16H2,3-5H3/t19-,25-,26+/m1/s1. The van der Waals surface area contributed by atoms with Crippen molar-refractivity contribution < 1.29 is 19.5 Å². The Labute approximate surface area is 178 Å². The second kappa shape index (κ2) is 7.50. The predicted octanol–water partition coefficient (Wildman–Crippen LogP) is 4.95. The number of rotatable bonds is 7. The Morgan fingerprint density at radius 1 is 1.13 bits per heavy atom. The van der Waals surface area contributed by atoms with Crippen LogP contribution in [0.1, 0.15) is 45.6 Å². The molecular weight excluding hydrogens is 376 g/mol. The molecule has 1 aromatic rings. The Morgan fingerprint density at radius 2 is 1.73 bits per heavy atom. The zero-order valence-corrected chi connectivity index (χ0v) is 18.0. The summed E-state index contributed by atoms with van der Waals surface area (Å²) in [5, 5.41) is 11.2. The minimum atomic E-state index is -1.44. The summed E-state index contributed by atoms with van der Waals surface area (Å²) >= 11 is 0. The van der Waals surface area contributed by atoms with Gasteiger partial charge in [-0.05, 0) is 49.5 Å². The van der Waals surface area contributed by atoms with Gasteiger partial charge in [0, 0.05) is 0 Å². The molecule has 4 nitrogen and oxygen atoms in total. The number of aliphatic hydroxyl groups is 1. The van der Waals surface area contributed by atoms with E-state index in [-0.39, 0.29) is 35.9 Å². The zero-order valence-electron chi connectivity index (χ0n) is 18.0. The number of allylic oxidation sites excluding steroid dienone is 4. The van der Waals surface area contributed by atoms with Crippen molar-refractivity contribution in [2.24, 2.45) is 22.2 Å². The van der Waals surface area contributed by atoms with Crippen molar-refractivity contribution in [2.45, 2.75) is 46.5 Å². The fourth-order valence-electron chi connectivity index (χ4n) is 5.71. The quantitative estimate of drug-likeness (QED) is 0.395. The Balaban J connectivity index is 2.32. The molecule has 0 spiro atoms. The number of ketones is 3. The van der Waals surface area contributed by atoms with Gasteiger partial charge in [0.05, 0.1) is 11.0 Å². The van der Waals surface area contributed by atoms with E-state index in [1.165, 1.54) is 6.92 Å². The van der Waals surface area contributed by atoms with Crippen molar-refractivity contribution in [3.8, 4) is 0 Å². The highest BCUT2D eigenvalue weighted by Crippen LogP contribution is 2.65. The summed E-state index contributed by atoms with van der Waals surface area (Å²) in [4.78, 5) is 40.2. The van der Waals surface area contributed by atoms with Crippen LogP contribution in [-0.2, 0) is 20.8 Å². The Kier molecular flexibility index (Phi) is 5.48. The molecule has 1 aromatic carbocycles. The maximum absolute atomic E-state index is 14.0. The molecule has 4 heteroatoms. The van der Waals surface area contributed by atoms with Gasteiger partial charge in [0.1, 0.15) is 11.2 Å². The van der Waals surface area contributed by atoms with E-state index < -0.39 is 27.8 Å². The molecule has 0 radical (unpaired) electrons. The van der Waals surface area contributed by atoms with Crippen molar-refractivity contribution in [3.63, 3.8) is 0 Å². The van der Waals surface area contributed by atoms with Crippen molar-refractivity contribution in [3.05, 3.63) is 72.5 Å². The van der Waals surface area contributed by atoms with E-state index in [4.69, 9.17) is 0 Å². The summed E-state index contributed by atoms with van der Waals surface area (Å²) in [6.07, 6.45) is 4.51. The van der Waals surface area contributed by atoms with Crippen molar-refractivity contribution in [2.75, 3.05) is 0 Å². The van der Waals surface area contributed by atoms with Gasteiger partial charge in [-0.1, -0.05) is 56.3 Å². The highest BCUT2D eigenvalue weighted by Gasteiger charge is 2.71. The van der Waals surface area contributed by atoms with Crippen LogP contribution in [0.4, 0.5) is 0 Å². The van der Waals surface area contributed by atoms with E-state index >= 15 is 0 Å². The van der Waals surface area contributed by atoms with Crippen LogP contribution in [-0.4, -0.2) is 22.5 Å². The van der Waals surface area contributed by atoms with Gasteiger partial charge in [0.2, 0.25) is 0 Å². The van der Waals surface area contributed by atoms with E-state index in [0.717, 1.165) is 5.56 Å². The lowest BCUT2D eigenvalue weighted by atomic mass is 9.40. The Hall–Kier alpha value is -2.75. The highest BCUT2D eigenvalue weighted by molar-refractivity contribution is 6.31. The second-order valence-corrected chi connectivity index (χ2v) is 9.22. The number of Topliss-reactive ketones (excluding diaryl/α,β-unsaturated/α-hetero) is 3. The van der Waals surface area contributed by atoms with E-state index in [1.807, 2.05) is 44.2 Å². The van der Waals surface area contributed by atoms with Gasteiger partial charge >= 0.3 is 0 Å². The molecule has 0 aliphatic heterocycles. The van der Waals surface area contributed by atoms with Crippen LogP contribution < -0.4 is 0 Å². The minimum Gasteiger partial charge on any atom is -0.510 e. The number of benzene rings is 1. The lowest BCUT2D eigenvalue weighted by Crippen LogP contribution is -2.67. The van der Waals surface area contributed by atoms with Crippen molar-refractivity contribution in [1.29, 1.82) is 0 Å².